The molecule has 0 fully saturated rings. The molecular weight excluding hydrogens is 288 g/mol. The van der Waals surface area contributed by atoms with E-state index in [2.05, 4.69) is 71.9 Å². The molecule has 0 saturated heterocycles. The van der Waals surface area contributed by atoms with Gasteiger partial charge in [-0.15, -0.1) is 0 Å². The fourth-order valence-electron chi connectivity index (χ4n) is 4.08. The summed E-state index contributed by atoms with van der Waals surface area (Å²) in [6.07, 6.45) is 3.59. The van der Waals surface area contributed by atoms with E-state index in [0.717, 1.165) is 6.42 Å². The highest BCUT2D eigenvalue weighted by Crippen LogP contribution is 2.41. The molecule has 0 bridgehead atoms. The second-order valence-corrected chi connectivity index (χ2v) is 7.85. The Kier molecular flexibility index (Phi) is 3.35. The van der Waals surface area contributed by atoms with E-state index < -0.39 is 0 Å². The second kappa shape index (κ2) is 5.21. The van der Waals surface area contributed by atoms with E-state index in [4.69, 9.17) is 0 Å². The first-order valence-corrected chi connectivity index (χ1v) is 9.01. The van der Waals surface area contributed by atoms with Crippen molar-refractivity contribution in [2.24, 2.45) is 5.92 Å². The van der Waals surface area contributed by atoms with Crippen LogP contribution in [0.1, 0.15) is 47.2 Å². The van der Waals surface area contributed by atoms with Crippen molar-refractivity contribution in [1.29, 1.82) is 0 Å². The lowest BCUT2D eigenvalue weighted by atomic mass is 9.79. The fraction of sp³-hybridized carbons (Fsp3) is 0.333. The summed E-state index contributed by atoms with van der Waals surface area (Å²) >= 11 is 0. The first-order chi connectivity index (χ1) is 11.4. The first kappa shape index (κ1) is 15.4. The largest absolute Gasteiger partial charge is 0.0695 e. The number of hydrogen-bond acceptors (Lipinski definition) is 0. The third-order valence-electron chi connectivity index (χ3n) is 6.16. The van der Waals surface area contributed by atoms with Crippen LogP contribution in [0.3, 0.4) is 0 Å². The molecule has 0 radical (unpaired) electrons. The van der Waals surface area contributed by atoms with Gasteiger partial charge in [0.05, 0.1) is 0 Å². The molecule has 0 amide bonds. The zero-order chi connectivity index (χ0) is 17.2. The van der Waals surface area contributed by atoms with Crippen LogP contribution in [0.25, 0.3) is 27.6 Å². The molecule has 24 heavy (non-hydrogen) atoms. The molecular formula is C24H26. The number of rotatable bonds is 0. The first-order valence-electron chi connectivity index (χ1n) is 9.01. The van der Waals surface area contributed by atoms with Gasteiger partial charge in [0.15, 0.2) is 0 Å². The number of aryl methyl sites for hydroxylation is 4. The van der Waals surface area contributed by atoms with Gasteiger partial charge in [-0.25, -0.2) is 0 Å². The van der Waals surface area contributed by atoms with Gasteiger partial charge in [0.2, 0.25) is 0 Å². The highest BCUT2D eigenvalue weighted by Gasteiger charge is 2.21. The van der Waals surface area contributed by atoms with E-state index in [1.54, 1.807) is 5.56 Å². The average Bonchev–Trinajstić information content (AvgIpc) is 2.53. The Balaban J connectivity index is 2.28. The summed E-state index contributed by atoms with van der Waals surface area (Å²) in [7, 11) is 0. The molecule has 0 N–H and O–H groups in total. The molecule has 0 nitrogen and oxygen atoms in total. The average molecular weight is 314 g/mol. The topological polar surface area (TPSA) is 0 Å². The van der Waals surface area contributed by atoms with Crippen LogP contribution >= 0.6 is 0 Å². The summed E-state index contributed by atoms with van der Waals surface area (Å²) in [5, 5.41) is 5.72. The molecule has 3 aromatic rings. The van der Waals surface area contributed by atoms with Gasteiger partial charge in [0.25, 0.3) is 0 Å². The molecule has 0 heterocycles. The molecule has 0 spiro atoms. The Bertz CT molecular complexity index is 1030. The van der Waals surface area contributed by atoms with Crippen molar-refractivity contribution in [3.8, 4) is 0 Å². The van der Waals surface area contributed by atoms with Crippen LogP contribution < -0.4 is 0 Å². The van der Waals surface area contributed by atoms with Gasteiger partial charge in [-0.1, -0.05) is 42.8 Å². The fourth-order valence-corrected chi connectivity index (χ4v) is 4.08. The lowest BCUT2D eigenvalue weighted by molar-refractivity contribution is 0.676. The smallest absolute Gasteiger partial charge is 0.00963 e. The minimum atomic E-state index is 0.631. The van der Waals surface area contributed by atoms with Crippen LogP contribution in [0.5, 0.6) is 0 Å². The second-order valence-electron chi connectivity index (χ2n) is 7.85. The predicted molar refractivity (Wildman–Crippen MR) is 107 cm³/mol. The van der Waals surface area contributed by atoms with Crippen molar-refractivity contribution in [3.05, 3.63) is 63.2 Å². The molecule has 0 heteroatoms. The van der Waals surface area contributed by atoms with Gasteiger partial charge in [0, 0.05) is 0 Å². The molecule has 1 atom stereocenters. The maximum atomic E-state index is 2.44. The van der Waals surface area contributed by atoms with Crippen molar-refractivity contribution < 1.29 is 0 Å². The zero-order valence-corrected chi connectivity index (χ0v) is 15.7. The minimum Gasteiger partial charge on any atom is -0.0695 e. The monoisotopic (exact) mass is 314 g/mol. The number of fused-ring (bicyclic) bond motifs is 6. The summed E-state index contributed by atoms with van der Waals surface area (Å²) in [5.74, 6) is 0.631. The Labute approximate surface area is 145 Å². The summed E-state index contributed by atoms with van der Waals surface area (Å²) in [5.41, 5.74) is 10.1. The van der Waals surface area contributed by atoms with E-state index in [1.807, 2.05) is 0 Å². The standard InChI is InChI=1S/C24H26/c1-13-7-19-20(8-14(13)2)22-10-16(4)18(6)12-24(22)23-11-17(5)15(3)9-21(19)23/h7-11,18H,12H2,1-6H3. The maximum Gasteiger partial charge on any atom is -0.00963 e. The third-order valence-corrected chi connectivity index (χ3v) is 6.16. The van der Waals surface area contributed by atoms with Gasteiger partial charge in [-0.05, 0) is 102 Å². The molecule has 3 aromatic carbocycles. The van der Waals surface area contributed by atoms with E-state index >= 15 is 0 Å². The highest BCUT2D eigenvalue weighted by molar-refractivity contribution is 6.14. The van der Waals surface area contributed by atoms with Crippen LogP contribution in [-0.4, -0.2) is 0 Å². The Morgan fingerprint density at radius 3 is 1.71 bits per heavy atom. The van der Waals surface area contributed by atoms with Crippen LogP contribution in [0.15, 0.2) is 29.8 Å². The van der Waals surface area contributed by atoms with Crippen molar-refractivity contribution in [1.82, 2.24) is 0 Å². The van der Waals surface area contributed by atoms with Gasteiger partial charge in [-0.2, -0.15) is 0 Å². The summed E-state index contributed by atoms with van der Waals surface area (Å²) in [6, 6.07) is 9.61. The van der Waals surface area contributed by atoms with E-state index in [-0.39, 0.29) is 0 Å². The molecule has 1 aliphatic carbocycles. The van der Waals surface area contributed by atoms with E-state index in [0.29, 0.717) is 5.92 Å². The third kappa shape index (κ3) is 2.13. The van der Waals surface area contributed by atoms with Crippen LogP contribution in [0, 0.1) is 33.6 Å². The molecule has 1 unspecified atom stereocenters. The van der Waals surface area contributed by atoms with Crippen LogP contribution in [-0.2, 0) is 6.42 Å². The normalized spacial score (nSPS) is 17.2. The summed E-state index contributed by atoms with van der Waals surface area (Å²) in [6.45, 7) is 13.6. The predicted octanol–water partition coefficient (Wildman–Crippen LogP) is 6.82. The van der Waals surface area contributed by atoms with Gasteiger partial charge in [0.1, 0.15) is 0 Å². The summed E-state index contributed by atoms with van der Waals surface area (Å²) in [4.78, 5) is 0. The summed E-state index contributed by atoms with van der Waals surface area (Å²) < 4.78 is 0. The molecule has 4 rings (SSSR count). The quantitative estimate of drug-likeness (QED) is 0.399. The van der Waals surface area contributed by atoms with E-state index in [9.17, 15) is 0 Å². The number of benzene rings is 3. The lowest BCUT2D eigenvalue weighted by Crippen LogP contribution is -2.09. The highest BCUT2D eigenvalue weighted by atomic mass is 14.2. The van der Waals surface area contributed by atoms with Gasteiger partial charge in [-0.3, -0.25) is 0 Å². The number of allylic oxidation sites excluding steroid dienone is 1. The van der Waals surface area contributed by atoms with Crippen molar-refractivity contribution >= 4 is 27.6 Å². The number of hydrogen-bond donors (Lipinski definition) is 0. The Morgan fingerprint density at radius 1 is 0.667 bits per heavy atom. The maximum absolute atomic E-state index is 2.44. The van der Waals surface area contributed by atoms with E-state index in [1.165, 1.54) is 54.9 Å². The molecule has 122 valence electrons. The molecule has 0 aromatic heterocycles. The zero-order valence-electron chi connectivity index (χ0n) is 15.7. The molecule has 1 aliphatic rings. The lowest BCUT2D eigenvalue weighted by Gasteiger charge is -2.25. The Morgan fingerprint density at radius 2 is 1.12 bits per heavy atom. The van der Waals surface area contributed by atoms with Crippen molar-refractivity contribution in [2.45, 2.75) is 48.0 Å². The van der Waals surface area contributed by atoms with Gasteiger partial charge >= 0.3 is 0 Å². The van der Waals surface area contributed by atoms with Crippen LogP contribution in [0.2, 0.25) is 0 Å². The van der Waals surface area contributed by atoms with Crippen molar-refractivity contribution in [3.63, 3.8) is 0 Å². The SMILES string of the molecule is CC1=Cc2c(c3cc(C)c(C)cc3c3cc(C)c(C)cc23)CC1C. The van der Waals surface area contributed by atoms with Crippen LogP contribution in [0.4, 0.5) is 0 Å². The molecule has 0 saturated carbocycles. The van der Waals surface area contributed by atoms with Gasteiger partial charge < -0.3 is 0 Å². The van der Waals surface area contributed by atoms with Crippen molar-refractivity contribution in [2.75, 3.05) is 0 Å². The molecule has 0 aliphatic heterocycles. The minimum absolute atomic E-state index is 0.631. The Hall–Kier alpha value is -2.08.